The van der Waals surface area contributed by atoms with Gasteiger partial charge in [0.05, 0.1) is 30.5 Å². The van der Waals surface area contributed by atoms with Crippen molar-refractivity contribution in [1.29, 1.82) is 0 Å². The van der Waals surface area contributed by atoms with E-state index in [4.69, 9.17) is 9.84 Å². The van der Waals surface area contributed by atoms with Crippen LogP contribution in [0.25, 0.3) is 11.3 Å². The van der Waals surface area contributed by atoms with Gasteiger partial charge in [0.15, 0.2) is 0 Å². The van der Waals surface area contributed by atoms with E-state index in [1.807, 2.05) is 22.7 Å². The molecule has 2 aromatic rings. The number of rotatable bonds is 2. The van der Waals surface area contributed by atoms with Crippen LogP contribution in [0.4, 0.5) is 0 Å². The van der Waals surface area contributed by atoms with E-state index >= 15 is 0 Å². The van der Waals surface area contributed by atoms with Crippen LogP contribution < -0.4 is 5.32 Å². The Morgan fingerprint density at radius 2 is 2.04 bits per heavy atom. The van der Waals surface area contributed by atoms with Crippen molar-refractivity contribution in [2.75, 3.05) is 39.4 Å². The van der Waals surface area contributed by atoms with Crippen molar-refractivity contribution in [3.63, 3.8) is 0 Å². The second kappa shape index (κ2) is 7.60. The molecule has 0 bridgehead atoms. The second-order valence-electron chi connectivity index (χ2n) is 7.06. The Balaban J connectivity index is 1.53. The Morgan fingerprint density at radius 1 is 1.23 bits per heavy atom. The molecule has 1 N–H and O–H groups in total. The predicted octanol–water partition coefficient (Wildman–Crippen LogP) is 1.25. The van der Waals surface area contributed by atoms with Gasteiger partial charge in [-0.15, -0.1) is 0 Å². The van der Waals surface area contributed by atoms with Crippen LogP contribution in [0.15, 0.2) is 30.3 Å². The van der Waals surface area contributed by atoms with Gasteiger partial charge < -0.3 is 15.0 Å². The molecule has 6 heteroatoms. The smallest absolute Gasteiger partial charge is 0.229 e. The summed E-state index contributed by atoms with van der Waals surface area (Å²) in [5, 5.41) is 8.05. The lowest BCUT2D eigenvalue weighted by Crippen LogP contribution is -2.42. The van der Waals surface area contributed by atoms with E-state index in [2.05, 4.69) is 29.6 Å². The van der Waals surface area contributed by atoms with Crippen LogP contribution in [0.1, 0.15) is 11.3 Å². The van der Waals surface area contributed by atoms with E-state index in [-0.39, 0.29) is 11.8 Å². The largest absolute Gasteiger partial charge is 0.379 e. The number of nitrogens with zero attached hydrogens (tertiary/aromatic N) is 3. The highest BCUT2D eigenvalue weighted by molar-refractivity contribution is 5.79. The zero-order chi connectivity index (χ0) is 17.9. The number of hydrogen-bond acceptors (Lipinski definition) is 4. The lowest BCUT2D eigenvalue weighted by atomic mass is 10.0. The molecule has 1 amide bonds. The van der Waals surface area contributed by atoms with Gasteiger partial charge in [0.1, 0.15) is 0 Å². The Kier molecular flexibility index (Phi) is 5.04. The number of hydrogen-bond donors (Lipinski definition) is 1. The zero-order valence-electron chi connectivity index (χ0n) is 15.3. The van der Waals surface area contributed by atoms with Crippen LogP contribution in [-0.2, 0) is 29.4 Å². The first kappa shape index (κ1) is 17.2. The van der Waals surface area contributed by atoms with E-state index in [9.17, 15) is 4.79 Å². The minimum atomic E-state index is -0.0809. The third-order valence-electron chi connectivity index (χ3n) is 5.32. The van der Waals surface area contributed by atoms with Crippen molar-refractivity contribution in [3.05, 3.63) is 41.6 Å². The summed E-state index contributed by atoms with van der Waals surface area (Å²) in [6, 6.07) is 10.4. The zero-order valence-corrected chi connectivity index (χ0v) is 15.3. The monoisotopic (exact) mass is 354 g/mol. The van der Waals surface area contributed by atoms with Gasteiger partial charge in [0, 0.05) is 50.8 Å². The Labute approximate surface area is 154 Å². The molecular weight excluding hydrogens is 328 g/mol. The molecule has 2 aliphatic rings. The number of nitrogens with one attached hydrogen (secondary N) is 1. The molecule has 1 aromatic carbocycles. The molecule has 1 saturated heterocycles. The summed E-state index contributed by atoms with van der Waals surface area (Å²) in [6.07, 6.45) is 1.66. The lowest BCUT2D eigenvalue weighted by molar-refractivity contribution is -0.136. The highest BCUT2D eigenvalue weighted by Gasteiger charge is 2.29. The van der Waals surface area contributed by atoms with Crippen molar-refractivity contribution >= 4 is 5.91 Å². The molecule has 1 fully saturated rings. The second-order valence-corrected chi connectivity index (χ2v) is 7.06. The van der Waals surface area contributed by atoms with E-state index in [0.29, 0.717) is 19.8 Å². The molecule has 0 radical (unpaired) electrons. The molecule has 1 aromatic heterocycles. The SMILES string of the molecule is Cn1nc2c(c1-c1ccccc1)CCN(C(=O)C1CNCCOC1)CC2. The van der Waals surface area contributed by atoms with Crippen LogP contribution in [0, 0.1) is 5.92 Å². The number of carbonyl (C=O) groups is 1. The minimum Gasteiger partial charge on any atom is -0.379 e. The first-order chi connectivity index (χ1) is 12.7. The number of aromatic nitrogens is 2. The van der Waals surface area contributed by atoms with Crippen LogP contribution in [0.2, 0.25) is 0 Å². The number of carbonyl (C=O) groups excluding carboxylic acids is 1. The average molecular weight is 354 g/mol. The lowest BCUT2D eigenvalue weighted by Gasteiger charge is -2.25. The van der Waals surface area contributed by atoms with Crippen LogP contribution in [-0.4, -0.2) is 60.0 Å². The van der Waals surface area contributed by atoms with Crippen molar-refractivity contribution in [3.8, 4) is 11.3 Å². The van der Waals surface area contributed by atoms with Crippen molar-refractivity contribution < 1.29 is 9.53 Å². The van der Waals surface area contributed by atoms with Crippen LogP contribution >= 0.6 is 0 Å². The Bertz CT molecular complexity index is 764. The summed E-state index contributed by atoms with van der Waals surface area (Å²) in [5.41, 5.74) is 4.76. The van der Waals surface area contributed by atoms with Crippen LogP contribution in [0.5, 0.6) is 0 Å². The molecule has 0 spiro atoms. The summed E-state index contributed by atoms with van der Waals surface area (Å²) in [4.78, 5) is 14.9. The summed E-state index contributed by atoms with van der Waals surface area (Å²) >= 11 is 0. The predicted molar refractivity (Wildman–Crippen MR) is 99.8 cm³/mol. The maximum absolute atomic E-state index is 12.9. The minimum absolute atomic E-state index is 0.0809. The fourth-order valence-corrected chi connectivity index (χ4v) is 3.99. The maximum atomic E-state index is 12.9. The first-order valence-electron chi connectivity index (χ1n) is 9.41. The van der Waals surface area contributed by atoms with Gasteiger partial charge in [0.2, 0.25) is 5.91 Å². The fraction of sp³-hybridized carbons (Fsp3) is 0.500. The number of ether oxygens (including phenoxy) is 1. The summed E-state index contributed by atoms with van der Waals surface area (Å²) in [7, 11) is 2.01. The van der Waals surface area contributed by atoms with Gasteiger partial charge >= 0.3 is 0 Å². The van der Waals surface area contributed by atoms with Gasteiger partial charge in [-0.25, -0.2) is 0 Å². The third kappa shape index (κ3) is 3.39. The first-order valence-corrected chi connectivity index (χ1v) is 9.41. The van der Waals surface area contributed by atoms with Gasteiger partial charge in [-0.2, -0.15) is 5.10 Å². The molecule has 0 aliphatic carbocycles. The van der Waals surface area contributed by atoms with Crippen molar-refractivity contribution in [2.45, 2.75) is 12.8 Å². The molecule has 2 aliphatic heterocycles. The maximum Gasteiger partial charge on any atom is 0.229 e. The molecule has 138 valence electrons. The fourth-order valence-electron chi connectivity index (χ4n) is 3.99. The summed E-state index contributed by atoms with van der Waals surface area (Å²) in [6.45, 7) is 4.20. The standard InChI is InChI=1S/C20H26N4O2/c1-23-19(15-5-3-2-4-6-15)17-7-10-24(11-8-18(17)22-23)20(25)16-13-21-9-12-26-14-16/h2-6,16,21H,7-14H2,1H3. The van der Waals surface area contributed by atoms with Gasteiger partial charge in [-0.1, -0.05) is 30.3 Å². The van der Waals surface area contributed by atoms with E-state index in [0.717, 1.165) is 38.2 Å². The number of fused-ring (bicyclic) bond motifs is 1. The van der Waals surface area contributed by atoms with Gasteiger partial charge in [-0.3, -0.25) is 9.48 Å². The quantitative estimate of drug-likeness (QED) is 0.882. The molecule has 1 atom stereocenters. The number of amides is 1. The van der Waals surface area contributed by atoms with Crippen molar-refractivity contribution in [1.82, 2.24) is 20.0 Å². The molecule has 0 saturated carbocycles. The molecule has 3 heterocycles. The number of benzene rings is 1. The topological polar surface area (TPSA) is 59.4 Å². The molecule has 26 heavy (non-hydrogen) atoms. The molecule has 6 nitrogen and oxygen atoms in total. The molecule has 4 rings (SSSR count). The summed E-state index contributed by atoms with van der Waals surface area (Å²) in [5.74, 6) is 0.123. The van der Waals surface area contributed by atoms with E-state index < -0.39 is 0 Å². The Morgan fingerprint density at radius 3 is 2.88 bits per heavy atom. The van der Waals surface area contributed by atoms with Crippen LogP contribution in [0.3, 0.4) is 0 Å². The highest BCUT2D eigenvalue weighted by atomic mass is 16.5. The normalized spacial score (nSPS) is 21.0. The molecule has 1 unspecified atom stereocenters. The van der Waals surface area contributed by atoms with Crippen molar-refractivity contribution in [2.24, 2.45) is 13.0 Å². The third-order valence-corrected chi connectivity index (χ3v) is 5.32. The van der Waals surface area contributed by atoms with E-state index in [1.54, 1.807) is 0 Å². The highest BCUT2D eigenvalue weighted by Crippen LogP contribution is 2.28. The van der Waals surface area contributed by atoms with E-state index in [1.165, 1.54) is 16.8 Å². The van der Waals surface area contributed by atoms with Gasteiger partial charge in [0.25, 0.3) is 0 Å². The molecular formula is C20H26N4O2. The number of aryl methyl sites for hydroxylation is 1. The van der Waals surface area contributed by atoms with Gasteiger partial charge in [-0.05, 0) is 6.42 Å². The Hall–Kier alpha value is -2.18. The summed E-state index contributed by atoms with van der Waals surface area (Å²) < 4.78 is 7.55. The average Bonchev–Trinajstić information content (AvgIpc) is 2.88.